The third kappa shape index (κ3) is 2.98. The van der Waals surface area contributed by atoms with E-state index >= 15 is 0 Å². The SMILES string of the molecule is C#C/C=C(CN)\C(=C/C)C(C)(C)C(=O)OC. The summed E-state index contributed by atoms with van der Waals surface area (Å²) in [6.07, 6.45) is 8.65. The van der Waals surface area contributed by atoms with Gasteiger partial charge in [0.2, 0.25) is 0 Å². The van der Waals surface area contributed by atoms with Gasteiger partial charge in [0.1, 0.15) is 0 Å². The van der Waals surface area contributed by atoms with Crippen molar-refractivity contribution in [3.8, 4) is 12.3 Å². The zero-order chi connectivity index (χ0) is 12.8. The first-order valence-corrected chi connectivity index (χ1v) is 5.06. The van der Waals surface area contributed by atoms with E-state index in [-0.39, 0.29) is 5.97 Å². The first kappa shape index (κ1) is 14.5. The van der Waals surface area contributed by atoms with E-state index in [9.17, 15) is 4.79 Å². The maximum absolute atomic E-state index is 11.7. The summed E-state index contributed by atoms with van der Waals surface area (Å²) >= 11 is 0. The van der Waals surface area contributed by atoms with Crippen LogP contribution in [0.1, 0.15) is 20.8 Å². The third-order valence-corrected chi connectivity index (χ3v) is 2.48. The van der Waals surface area contributed by atoms with Crippen LogP contribution in [-0.4, -0.2) is 19.6 Å². The minimum Gasteiger partial charge on any atom is -0.468 e. The predicted molar refractivity (Wildman–Crippen MR) is 65.5 cm³/mol. The second-order valence-corrected chi connectivity index (χ2v) is 3.86. The van der Waals surface area contributed by atoms with E-state index in [4.69, 9.17) is 16.9 Å². The summed E-state index contributed by atoms with van der Waals surface area (Å²) < 4.78 is 4.77. The number of methoxy groups -OCH3 is 1. The molecule has 0 spiro atoms. The summed E-state index contributed by atoms with van der Waals surface area (Å²) in [5.41, 5.74) is 6.46. The Labute approximate surface area is 97.4 Å². The summed E-state index contributed by atoms with van der Waals surface area (Å²) in [6, 6.07) is 0. The van der Waals surface area contributed by atoms with Crippen LogP contribution in [0.5, 0.6) is 0 Å². The summed E-state index contributed by atoms with van der Waals surface area (Å²) in [6.45, 7) is 5.71. The first-order chi connectivity index (χ1) is 7.45. The lowest BCUT2D eigenvalue weighted by Crippen LogP contribution is -2.30. The van der Waals surface area contributed by atoms with E-state index in [1.54, 1.807) is 19.9 Å². The van der Waals surface area contributed by atoms with E-state index in [0.29, 0.717) is 6.54 Å². The molecular weight excluding hydrogens is 202 g/mol. The van der Waals surface area contributed by atoms with Crippen molar-refractivity contribution in [3.05, 3.63) is 23.3 Å². The van der Waals surface area contributed by atoms with Gasteiger partial charge in [-0.15, -0.1) is 6.42 Å². The van der Waals surface area contributed by atoms with Gasteiger partial charge in [0.15, 0.2) is 0 Å². The second kappa shape index (κ2) is 6.14. The molecule has 0 atom stereocenters. The molecule has 0 aliphatic carbocycles. The lowest BCUT2D eigenvalue weighted by Gasteiger charge is -2.26. The normalized spacial score (nSPS) is 13.2. The Balaban J connectivity index is 5.40. The molecule has 0 aromatic rings. The highest BCUT2D eigenvalue weighted by Gasteiger charge is 2.33. The van der Waals surface area contributed by atoms with Gasteiger partial charge in [0, 0.05) is 6.54 Å². The van der Waals surface area contributed by atoms with Crippen molar-refractivity contribution in [1.29, 1.82) is 0 Å². The Bertz CT molecular complexity index is 357. The van der Waals surface area contributed by atoms with Gasteiger partial charge in [-0.25, -0.2) is 0 Å². The van der Waals surface area contributed by atoms with Crippen LogP contribution in [0.15, 0.2) is 23.3 Å². The van der Waals surface area contributed by atoms with Crippen LogP contribution in [0, 0.1) is 17.8 Å². The molecule has 0 rings (SSSR count). The Morgan fingerprint density at radius 3 is 2.44 bits per heavy atom. The van der Waals surface area contributed by atoms with E-state index < -0.39 is 5.41 Å². The standard InChI is InChI=1S/C13H19NO2/c1-6-8-10(9-14)11(7-2)13(3,4)12(15)16-5/h1,7-8H,9,14H2,2-5H3/b10-8-,11-7+. The molecule has 0 unspecified atom stereocenters. The number of terminal acetylenes is 1. The molecule has 0 fully saturated rings. The molecule has 0 amide bonds. The maximum Gasteiger partial charge on any atom is 0.315 e. The number of ether oxygens (including phenoxy) is 1. The average molecular weight is 221 g/mol. The van der Waals surface area contributed by atoms with Crippen LogP contribution >= 0.6 is 0 Å². The molecule has 0 aromatic carbocycles. The zero-order valence-electron chi connectivity index (χ0n) is 10.3. The molecule has 88 valence electrons. The Hall–Kier alpha value is -1.53. The Kier molecular flexibility index (Phi) is 5.55. The van der Waals surface area contributed by atoms with Crippen molar-refractivity contribution >= 4 is 5.97 Å². The summed E-state index contributed by atoms with van der Waals surface area (Å²) in [5.74, 6) is 2.12. The van der Waals surface area contributed by atoms with Crippen LogP contribution < -0.4 is 5.73 Å². The van der Waals surface area contributed by atoms with Gasteiger partial charge in [0.25, 0.3) is 0 Å². The van der Waals surface area contributed by atoms with E-state index in [1.165, 1.54) is 7.11 Å². The fraction of sp³-hybridized carbons (Fsp3) is 0.462. The lowest BCUT2D eigenvalue weighted by molar-refractivity contribution is -0.148. The van der Waals surface area contributed by atoms with Gasteiger partial charge in [0.05, 0.1) is 12.5 Å². The van der Waals surface area contributed by atoms with Crippen molar-refractivity contribution in [2.45, 2.75) is 20.8 Å². The molecule has 3 nitrogen and oxygen atoms in total. The molecule has 0 aliphatic heterocycles. The molecule has 0 heterocycles. The van der Waals surface area contributed by atoms with Crippen LogP contribution in [0.25, 0.3) is 0 Å². The smallest absolute Gasteiger partial charge is 0.315 e. The van der Waals surface area contributed by atoms with Crippen LogP contribution in [0.4, 0.5) is 0 Å². The average Bonchev–Trinajstić information content (AvgIpc) is 2.27. The van der Waals surface area contributed by atoms with E-state index in [0.717, 1.165) is 11.1 Å². The Morgan fingerprint density at radius 2 is 2.12 bits per heavy atom. The topological polar surface area (TPSA) is 52.3 Å². The van der Waals surface area contributed by atoms with Crippen molar-refractivity contribution in [2.75, 3.05) is 13.7 Å². The fourth-order valence-corrected chi connectivity index (χ4v) is 1.66. The van der Waals surface area contributed by atoms with Crippen molar-refractivity contribution in [3.63, 3.8) is 0 Å². The number of nitrogens with two attached hydrogens (primary N) is 1. The second-order valence-electron chi connectivity index (χ2n) is 3.86. The minimum absolute atomic E-state index is 0.296. The predicted octanol–water partition coefficient (Wildman–Crippen LogP) is 1.65. The van der Waals surface area contributed by atoms with Crippen molar-refractivity contribution in [1.82, 2.24) is 0 Å². The van der Waals surface area contributed by atoms with Gasteiger partial charge in [-0.05, 0) is 38.0 Å². The maximum atomic E-state index is 11.7. The molecule has 0 aliphatic rings. The van der Waals surface area contributed by atoms with Crippen LogP contribution in [-0.2, 0) is 9.53 Å². The van der Waals surface area contributed by atoms with E-state index in [1.807, 2.05) is 13.0 Å². The summed E-state index contributed by atoms with van der Waals surface area (Å²) in [5, 5.41) is 0. The molecule has 0 radical (unpaired) electrons. The molecule has 3 heteroatoms. The number of esters is 1. The quantitative estimate of drug-likeness (QED) is 0.446. The minimum atomic E-state index is -0.744. The summed E-state index contributed by atoms with van der Waals surface area (Å²) in [4.78, 5) is 11.7. The molecule has 0 aromatic heterocycles. The van der Waals surface area contributed by atoms with Gasteiger partial charge in [-0.1, -0.05) is 12.0 Å². The van der Waals surface area contributed by atoms with Crippen LogP contribution in [0.2, 0.25) is 0 Å². The van der Waals surface area contributed by atoms with Crippen LogP contribution in [0.3, 0.4) is 0 Å². The summed E-state index contributed by atoms with van der Waals surface area (Å²) in [7, 11) is 1.37. The largest absolute Gasteiger partial charge is 0.468 e. The van der Waals surface area contributed by atoms with Gasteiger partial charge >= 0.3 is 5.97 Å². The number of carbonyl (C=O) groups excluding carboxylic acids is 1. The number of carbonyl (C=O) groups is 1. The third-order valence-electron chi connectivity index (χ3n) is 2.48. The molecule has 2 N–H and O–H groups in total. The molecule has 0 bridgehead atoms. The highest BCUT2D eigenvalue weighted by molar-refractivity contribution is 5.81. The molecule has 0 saturated carbocycles. The van der Waals surface area contributed by atoms with Crippen molar-refractivity contribution < 1.29 is 9.53 Å². The van der Waals surface area contributed by atoms with Gasteiger partial charge in [-0.3, -0.25) is 4.79 Å². The Morgan fingerprint density at radius 1 is 1.56 bits per heavy atom. The molecule has 16 heavy (non-hydrogen) atoms. The van der Waals surface area contributed by atoms with E-state index in [2.05, 4.69) is 5.92 Å². The molecular formula is C13H19NO2. The van der Waals surface area contributed by atoms with Gasteiger partial charge < -0.3 is 10.5 Å². The number of hydrogen-bond acceptors (Lipinski definition) is 3. The lowest BCUT2D eigenvalue weighted by atomic mass is 9.79. The number of allylic oxidation sites excluding steroid dienone is 2. The first-order valence-electron chi connectivity index (χ1n) is 5.06. The van der Waals surface area contributed by atoms with Gasteiger partial charge in [-0.2, -0.15) is 0 Å². The molecule has 0 saturated heterocycles. The van der Waals surface area contributed by atoms with Crippen molar-refractivity contribution in [2.24, 2.45) is 11.1 Å². The number of rotatable bonds is 4. The highest BCUT2D eigenvalue weighted by Crippen LogP contribution is 2.32. The number of hydrogen-bond donors (Lipinski definition) is 1. The highest BCUT2D eigenvalue weighted by atomic mass is 16.5. The monoisotopic (exact) mass is 221 g/mol. The zero-order valence-corrected chi connectivity index (χ0v) is 10.3. The fourth-order valence-electron chi connectivity index (χ4n) is 1.66.